The third kappa shape index (κ3) is 9.93. The van der Waals surface area contributed by atoms with E-state index in [9.17, 15) is 9.59 Å². The number of carbonyl (C=O) groups is 2. The minimum absolute atomic E-state index is 0.150. The fourth-order valence-electron chi connectivity index (χ4n) is 1.60. The average molecular weight is 258 g/mol. The molecular formula is C13H26N2O3. The smallest absolute Gasteiger partial charge is 0.315 e. The van der Waals surface area contributed by atoms with E-state index in [2.05, 4.69) is 17.6 Å². The summed E-state index contributed by atoms with van der Waals surface area (Å²) in [5.41, 5.74) is 0. The normalized spacial score (nSPS) is 13.7. The van der Waals surface area contributed by atoms with Crippen molar-refractivity contribution in [2.45, 2.75) is 58.9 Å². The van der Waals surface area contributed by atoms with Gasteiger partial charge in [0.05, 0.1) is 0 Å². The summed E-state index contributed by atoms with van der Waals surface area (Å²) < 4.78 is 0. The van der Waals surface area contributed by atoms with Crippen molar-refractivity contribution < 1.29 is 14.7 Å². The fourth-order valence-corrected chi connectivity index (χ4v) is 1.60. The monoisotopic (exact) mass is 258 g/mol. The number of carboxylic acid groups (broad SMARTS) is 1. The molecule has 0 aliphatic heterocycles. The maximum absolute atomic E-state index is 11.5. The van der Waals surface area contributed by atoms with Crippen LogP contribution in [0.15, 0.2) is 0 Å². The van der Waals surface area contributed by atoms with Crippen molar-refractivity contribution >= 4 is 12.0 Å². The number of amides is 2. The molecule has 106 valence electrons. The summed E-state index contributed by atoms with van der Waals surface area (Å²) in [5.74, 6) is -0.614. The first-order valence-electron chi connectivity index (χ1n) is 6.71. The average Bonchev–Trinajstić information content (AvgIpc) is 2.31. The van der Waals surface area contributed by atoms with E-state index < -0.39 is 5.97 Å². The lowest BCUT2D eigenvalue weighted by molar-refractivity contribution is -0.137. The highest BCUT2D eigenvalue weighted by molar-refractivity contribution is 5.74. The predicted molar refractivity (Wildman–Crippen MR) is 71.6 cm³/mol. The van der Waals surface area contributed by atoms with Crippen LogP contribution in [0.25, 0.3) is 0 Å². The molecule has 18 heavy (non-hydrogen) atoms. The highest BCUT2D eigenvalue weighted by Crippen LogP contribution is 2.04. The first kappa shape index (κ1) is 16.7. The number of aliphatic carboxylic acids is 1. The number of nitrogens with one attached hydrogen (secondary N) is 2. The Morgan fingerprint density at radius 2 is 1.89 bits per heavy atom. The van der Waals surface area contributed by atoms with Crippen molar-refractivity contribution in [3.63, 3.8) is 0 Å². The predicted octanol–water partition coefficient (Wildman–Crippen LogP) is 2.37. The molecule has 5 nitrogen and oxygen atoms in total. The van der Waals surface area contributed by atoms with Gasteiger partial charge < -0.3 is 15.7 Å². The highest BCUT2D eigenvalue weighted by Gasteiger charge is 2.09. The van der Waals surface area contributed by atoms with E-state index in [1.165, 1.54) is 0 Å². The number of unbranched alkanes of at least 4 members (excludes halogenated alkanes) is 1. The van der Waals surface area contributed by atoms with Gasteiger partial charge in [-0.2, -0.15) is 0 Å². The van der Waals surface area contributed by atoms with Crippen LogP contribution in [0.1, 0.15) is 52.9 Å². The van der Waals surface area contributed by atoms with Gasteiger partial charge in [-0.1, -0.05) is 26.7 Å². The molecule has 0 aromatic heterocycles. The van der Waals surface area contributed by atoms with Gasteiger partial charge in [-0.15, -0.1) is 0 Å². The first-order chi connectivity index (χ1) is 8.45. The second kappa shape index (κ2) is 9.74. The number of hydrogen-bond acceptors (Lipinski definition) is 2. The Bertz CT molecular complexity index is 257. The Hall–Kier alpha value is -1.26. The van der Waals surface area contributed by atoms with Crippen molar-refractivity contribution in [1.82, 2.24) is 10.6 Å². The lowest BCUT2D eigenvalue weighted by atomic mass is 10.1. The topological polar surface area (TPSA) is 78.4 Å². The van der Waals surface area contributed by atoms with Crippen molar-refractivity contribution in [3.05, 3.63) is 0 Å². The second-order valence-corrected chi connectivity index (χ2v) is 4.94. The van der Waals surface area contributed by atoms with E-state index in [-0.39, 0.29) is 24.4 Å². The van der Waals surface area contributed by atoms with E-state index >= 15 is 0 Å². The van der Waals surface area contributed by atoms with Crippen molar-refractivity contribution in [2.75, 3.05) is 6.54 Å². The van der Waals surface area contributed by atoms with E-state index in [1.807, 2.05) is 13.8 Å². The number of hydrogen-bond donors (Lipinski definition) is 3. The zero-order valence-corrected chi connectivity index (χ0v) is 11.7. The maximum Gasteiger partial charge on any atom is 0.315 e. The minimum Gasteiger partial charge on any atom is -0.481 e. The minimum atomic E-state index is -0.792. The third-order valence-electron chi connectivity index (χ3n) is 2.83. The molecule has 0 heterocycles. The van der Waals surface area contributed by atoms with Crippen LogP contribution in [0.2, 0.25) is 0 Å². The number of rotatable bonds is 9. The van der Waals surface area contributed by atoms with Gasteiger partial charge in [0, 0.05) is 19.0 Å². The summed E-state index contributed by atoms with van der Waals surface area (Å²) in [4.78, 5) is 21.9. The third-order valence-corrected chi connectivity index (χ3v) is 2.83. The quantitative estimate of drug-likeness (QED) is 0.594. The van der Waals surface area contributed by atoms with E-state index in [0.29, 0.717) is 13.0 Å². The molecule has 0 saturated heterocycles. The van der Waals surface area contributed by atoms with Gasteiger partial charge in [-0.25, -0.2) is 4.79 Å². The summed E-state index contributed by atoms with van der Waals surface area (Å²) in [6.07, 6.45) is 3.95. The molecule has 5 heteroatoms. The maximum atomic E-state index is 11.5. The molecule has 0 saturated carbocycles. The Balaban J connectivity index is 3.65. The molecule has 0 bridgehead atoms. The highest BCUT2D eigenvalue weighted by atomic mass is 16.4. The van der Waals surface area contributed by atoms with Gasteiger partial charge in [0.1, 0.15) is 0 Å². The zero-order valence-electron chi connectivity index (χ0n) is 11.7. The molecule has 2 amide bonds. The van der Waals surface area contributed by atoms with Crippen LogP contribution in [0, 0.1) is 5.92 Å². The summed E-state index contributed by atoms with van der Waals surface area (Å²) in [7, 11) is 0. The van der Waals surface area contributed by atoms with Crippen LogP contribution < -0.4 is 10.6 Å². The summed E-state index contributed by atoms with van der Waals surface area (Å²) in [5, 5.41) is 14.2. The molecule has 0 aliphatic rings. The van der Waals surface area contributed by atoms with Crippen molar-refractivity contribution in [3.8, 4) is 0 Å². The Morgan fingerprint density at radius 3 is 2.44 bits per heavy atom. The molecule has 0 spiro atoms. The summed E-state index contributed by atoms with van der Waals surface area (Å²) >= 11 is 0. The number of carbonyl (C=O) groups excluding carboxylic acids is 1. The Kier molecular flexibility index (Phi) is 9.06. The molecule has 0 radical (unpaired) electrons. The molecule has 2 atom stereocenters. The lowest BCUT2D eigenvalue weighted by Gasteiger charge is -2.16. The standard InChI is InChI=1S/C13H26N2O3/c1-4-5-6-11(3)15-13(18)14-9-10(2)7-8-12(16)17/h10-11H,4-9H2,1-3H3,(H,16,17)(H2,14,15,18). The Morgan fingerprint density at radius 1 is 1.22 bits per heavy atom. The molecule has 0 aromatic carbocycles. The van der Waals surface area contributed by atoms with Crippen LogP contribution in [-0.4, -0.2) is 29.7 Å². The van der Waals surface area contributed by atoms with Gasteiger partial charge >= 0.3 is 12.0 Å². The van der Waals surface area contributed by atoms with Crippen LogP contribution in [-0.2, 0) is 4.79 Å². The van der Waals surface area contributed by atoms with Crippen molar-refractivity contribution in [2.24, 2.45) is 5.92 Å². The summed E-state index contributed by atoms with van der Waals surface area (Å²) in [6, 6.07) is 0.0139. The van der Waals surface area contributed by atoms with Gasteiger partial charge in [-0.05, 0) is 25.7 Å². The molecule has 0 fully saturated rings. The van der Waals surface area contributed by atoms with Crippen molar-refractivity contribution in [1.29, 1.82) is 0 Å². The Labute approximate surface area is 109 Å². The molecular weight excluding hydrogens is 232 g/mol. The van der Waals surface area contributed by atoms with Gasteiger partial charge in [0.15, 0.2) is 0 Å². The molecule has 0 aromatic rings. The molecule has 3 N–H and O–H groups in total. The SMILES string of the molecule is CCCCC(C)NC(=O)NCC(C)CCC(=O)O. The number of carboxylic acids is 1. The van der Waals surface area contributed by atoms with Crippen LogP contribution in [0.4, 0.5) is 4.79 Å². The largest absolute Gasteiger partial charge is 0.481 e. The first-order valence-corrected chi connectivity index (χ1v) is 6.71. The van der Waals surface area contributed by atoms with Gasteiger partial charge in [0.2, 0.25) is 0 Å². The number of urea groups is 1. The lowest BCUT2D eigenvalue weighted by Crippen LogP contribution is -2.42. The molecule has 2 unspecified atom stereocenters. The van der Waals surface area contributed by atoms with Crippen LogP contribution >= 0.6 is 0 Å². The molecule has 0 rings (SSSR count). The van der Waals surface area contributed by atoms with Gasteiger partial charge in [-0.3, -0.25) is 4.79 Å². The molecule has 0 aliphatic carbocycles. The van der Waals surface area contributed by atoms with Crippen LogP contribution in [0.3, 0.4) is 0 Å². The fraction of sp³-hybridized carbons (Fsp3) is 0.846. The van der Waals surface area contributed by atoms with E-state index in [0.717, 1.165) is 19.3 Å². The summed E-state index contributed by atoms with van der Waals surface area (Å²) in [6.45, 7) is 6.56. The zero-order chi connectivity index (χ0) is 14.0. The van der Waals surface area contributed by atoms with Crippen LogP contribution in [0.5, 0.6) is 0 Å². The van der Waals surface area contributed by atoms with E-state index in [4.69, 9.17) is 5.11 Å². The second-order valence-electron chi connectivity index (χ2n) is 4.94. The van der Waals surface area contributed by atoms with Gasteiger partial charge in [0.25, 0.3) is 0 Å². The van der Waals surface area contributed by atoms with E-state index in [1.54, 1.807) is 0 Å².